The van der Waals surface area contributed by atoms with Crippen molar-refractivity contribution in [3.05, 3.63) is 74.3 Å². The molecule has 1 aliphatic heterocycles. The average molecular weight is 562 g/mol. The first-order valence-corrected chi connectivity index (χ1v) is 11.9. The van der Waals surface area contributed by atoms with Gasteiger partial charge in [0.2, 0.25) is 0 Å². The van der Waals surface area contributed by atoms with Crippen LogP contribution in [0.5, 0.6) is 0 Å². The van der Waals surface area contributed by atoms with Crippen LogP contribution in [0, 0.1) is 20.2 Å². The van der Waals surface area contributed by atoms with E-state index in [1.807, 2.05) is 0 Å². The maximum atomic E-state index is 12.1. The lowest BCUT2D eigenvalue weighted by Gasteiger charge is -2.45. The number of hydrogen-bond donors (Lipinski definition) is 1. The van der Waals surface area contributed by atoms with Gasteiger partial charge in [0.15, 0.2) is 18.5 Å². The first-order chi connectivity index (χ1) is 19.0. The van der Waals surface area contributed by atoms with Crippen LogP contribution in [0.25, 0.3) is 0 Å². The van der Waals surface area contributed by atoms with Gasteiger partial charge < -0.3 is 29.0 Å². The van der Waals surface area contributed by atoms with E-state index in [2.05, 4.69) is 5.32 Å². The number of nitrogens with zero attached hydrogens (tertiary/aromatic N) is 2. The van der Waals surface area contributed by atoms with Gasteiger partial charge in [0.1, 0.15) is 24.4 Å². The maximum absolute atomic E-state index is 12.1. The second-order valence-corrected chi connectivity index (χ2v) is 8.68. The quantitative estimate of drug-likeness (QED) is 0.182. The van der Waals surface area contributed by atoms with Crippen LogP contribution in [-0.4, -0.2) is 65.0 Å². The normalized spacial score (nSPS) is 22.0. The van der Waals surface area contributed by atoms with Crippen molar-refractivity contribution >= 4 is 35.0 Å². The summed E-state index contributed by atoms with van der Waals surface area (Å²) in [6, 6.07) is 10.5. The molecule has 0 amide bonds. The van der Waals surface area contributed by atoms with Crippen LogP contribution in [0.4, 0.5) is 17.1 Å². The Morgan fingerprint density at radius 2 is 1.55 bits per heavy atom. The van der Waals surface area contributed by atoms with Gasteiger partial charge >= 0.3 is 17.9 Å². The molecule has 15 nitrogen and oxygen atoms in total. The molecule has 40 heavy (non-hydrogen) atoms. The summed E-state index contributed by atoms with van der Waals surface area (Å²) in [5.74, 6) is -2.21. The zero-order valence-electron chi connectivity index (χ0n) is 21.7. The molecule has 0 aliphatic carbocycles. The van der Waals surface area contributed by atoms with Crippen molar-refractivity contribution < 1.29 is 47.9 Å². The summed E-state index contributed by atoms with van der Waals surface area (Å²) in [6.45, 7) is 2.96. The number of rotatable bonds is 11. The van der Waals surface area contributed by atoms with E-state index in [0.717, 1.165) is 44.5 Å². The summed E-state index contributed by atoms with van der Waals surface area (Å²) in [6.07, 6.45) is -5.18. The van der Waals surface area contributed by atoms with Crippen molar-refractivity contribution in [1.82, 2.24) is 0 Å². The molecule has 15 heteroatoms. The van der Waals surface area contributed by atoms with Crippen molar-refractivity contribution in [1.29, 1.82) is 0 Å². The first kappa shape index (κ1) is 29.9. The van der Waals surface area contributed by atoms with Gasteiger partial charge in [0.25, 0.3) is 11.4 Å². The van der Waals surface area contributed by atoms with Gasteiger partial charge in [0.05, 0.1) is 22.5 Å². The van der Waals surface area contributed by atoms with Gasteiger partial charge in [-0.1, -0.05) is 30.3 Å². The van der Waals surface area contributed by atoms with Crippen LogP contribution in [0.15, 0.2) is 48.5 Å². The molecule has 1 fully saturated rings. The van der Waals surface area contributed by atoms with E-state index in [1.54, 1.807) is 30.3 Å². The minimum absolute atomic E-state index is 0.00775. The summed E-state index contributed by atoms with van der Waals surface area (Å²) in [7, 11) is 0. The monoisotopic (exact) mass is 561 g/mol. The van der Waals surface area contributed by atoms with Crippen LogP contribution in [0.1, 0.15) is 26.3 Å². The molecule has 2 aromatic carbocycles. The fourth-order valence-corrected chi connectivity index (χ4v) is 4.05. The Kier molecular flexibility index (Phi) is 10.1. The minimum atomic E-state index is -1.35. The molecule has 2 aromatic rings. The summed E-state index contributed by atoms with van der Waals surface area (Å²) in [5, 5.41) is 25.8. The Morgan fingerprint density at radius 3 is 2.12 bits per heavy atom. The molecular weight excluding hydrogens is 534 g/mol. The number of ether oxygens (including phenoxy) is 5. The third-order valence-corrected chi connectivity index (χ3v) is 5.67. The van der Waals surface area contributed by atoms with Gasteiger partial charge in [-0.3, -0.25) is 34.6 Å². The molecule has 1 N–H and O–H groups in total. The number of hydrogen-bond acceptors (Lipinski definition) is 13. The van der Waals surface area contributed by atoms with E-state index in [9.17, 15) is 34.6 Å². The van der Waals surface area contributed by atoms with Gasteiger partial charge in [-0.15, -0.1) is 0 Å². The van der Waals surface area contributed by atoms with Crippen LogP contribution < -0.4 is 5.32 Å². The Morgan fingerprint density at radius 1 is 0.900 bits per heavy atom. The molecule has 0 aromatic heterocycles. The third-order valence-electron chi connectivity index (χ3n) is 5.67. The number of nitro groups is 2. The van der Waals surface area contributed by atoms with Crippen LogP contribution >= 0.6 is 0 Å². The molecule has 1 heterocycles. The van der Waals surface area contributed by atoms with Crippen LogP contribution in [-0.2, 0) is 44.7 Å². The molecule has 3 rings (SSSR count). The molecule has 0 spiro atoms. The van der Waals surface area contributed by atoms with Crippen molar-refractivity contribution in [3.63, 3.8) is 0 Å². The highest BCUT2D eigenvalue weighted by atomic mass is 16.7. The fourth-order valence-electron chi connectivity index (χ4n) is 4.05. The molecule has 0 bridgehead atoms. The molecule has 1 saturated heterocycles. The number of nitrogens with one attached hydrogen (secondary N) is 1. The number of esters is 3. The lowest BCUT2D eigenvalue weighted by atomic mass is 9.95. The molecule has 0 radical (unpaired) electrons. The van der Waals surface area contributed by atoms with E-state index in [-0.39, 0.29) is 12.3 Å². The van der Waals surface area contributed by atoms with E-state index < -0.39 is 76.4 Å². The first-order valence-electron chi connectivity index (χ1n) is 11.9. The van der Waals surface area contributed by atoms with E-state index in [1.165, 1.54) is 0 Å². The summed E-state index contributed by atoms with van der Waals surface area (Å²) in [4.78, 5) is 57.1. The SMILES string of the molecule is CC(=O)OCC1OC(OCc2ccccc2)C(OC(C)=O)C(Nc2ccc([N+](=O)[O-])cc2[N+](=O)[O-])C1OC(C)=O. The number of non-ortho nitro benzene ring substituents is 1. The standard InChI is InChI=1S/C25H27N3O12/c1-14(29)36-13-21-23(38-15(2)30)22(26-19-10-9-18(27(32)33)11-20(19)28(34)35)24(39-16(3)31)25(40-21)37-12-17-7-5-4-6-8-17/h4-11,21-26H,12-13H2,1-3H3. The maximum Gasteiger partial charge on any atom is 0.303 e. The second kappa shape index (κ2) is 13.4. The van der Waals surface area contributed by atoms with Crippen LogP contribution in [0.2, 0.25) is 0 Å². The molecule has 5 unspecified atom stereocenters. The fraction of sp³-hybridized carbons (Fsp3) is 0.400. The summed E-state index contributed by atoms with van der Waals surface area (Å²) in [5.41, 5.74) is -0.664. The molecule has 0 saturated carbocycles. The number of carbonyl (C=O) groups is 3. The lowest BCUT2D eigenvalue weighted by molar-refractivity contribution is -0.393. The van der Waals surface area contributed by atoms with Crippen LogP contribution in [0.3, 0.4) is 0 Å². The molecule has 1 aliphatic rings. The van der Waals surface area contributed by atoms with Gasteiger partial charge in [0, 0.05) is 26.8 Å². The van der Waals surface area contributed by atoms with Crippen molar-refractivity contribution in [3.8, 4) is 0 Å². The highest BCUT2D eigenvalue weighted by molar-refractivity contribution is 5.69. The van der Waals surface area contributed by atoms with Gasteiger partial charge in [-0.2, -0.15) is 0 Å². The molecular formula is C25H27N3O12. The Labute approximate surface area is 227 Å². The number of benzene rings is 2. The predicted molar refractivity (Wildman–Crippen MR) is 135 cm³/mol. The summed E-state index contributed by atoms with van der Waals surface area (Å²) >= 11 is 0. The predicted octanol–water partition coefficient (Wildman–Crippen LogP) is 2.65. The zero-order chi connectivity index (χ0) is 29.4. The Bertz CT molecular complexity index is 1250. The van der Waals surface area contributed by atoms with Crippen molar-refractivity contribution in [2.45, 2.75) is 58.0 Å². The lowest BCUT2D eigenvalue weighted by Crippen LogP contribution is -2.64. The van der Waals surface area contributed by atoms with Crippen molar-refractivity contribution in [2.24, 2.45) is 0 Å². The largest absolute Gasteiger partial charge is 0.463 e. The van der Waals surface area contributed by atoms with Gasteiger partial charge in [-0.05, 0) is 11.6 Å². The third kappa shape index (κ3) is 7.94. The summed E-state index contributed by atoms with van der Waals surface area (Å²) < 4.78 is 27.9. The Hall–Kier alpha value is -4.63. The zero-order valence-corrected chi connectivity index (χ0v) is 21.7. The second-order valence-electron chi connectivity index (χ2n) is 8.68. The highest BCUT2D eigenvalue weighted by Crippen LogP contribution is 2.35. The highest BCUT2D eigenvalue weighted by Gasteiger charge is 2.51. The number of anilines is 1. The average Bonchev–Trinajstić information content (AvgIpc) is 2.89. The smallest absolute Gasteiger partial charge is 0.303 e. The number of nitro benzene ring substituents is 2. The van der Waals surface area contributed by atoms with E-state index in [4.69, 9.17) is 23.7 Å². The molecule has 5 atom stereocenters. The molecule has 214 valence electrons. The van der Waals surface area contributed by atoms with E-state index >= 15 is 0 Å². The van der Waals surface area contributed by atoms with Gasteiger partial charge in [-0.25, -0.2) is 0 Å². The Balaban J connectivity index is 2.07. The minimum Gasteiger partial charge on any atom is -0.463 e. The number of carbonyl (C=O) groups excluding carboxylic acids is 3. The van der Waals surface area contributed by atoms with E-state index in [0.29, 0.717) is 0 Å². The van der Waals surface area contributed by atoms with Crippen molar-refractivity contribution in [2.75, 3.05) is 11.9 Å². The topological polar surface area (TPSA) is 196 Å².